The number of hydrogen-bond donors (Lipinski definition) is 0. The van der Waals surface area contributed by atoms with Gasteiger partial charge in [0.15, 0.2) is 0 Å². The number of methoxy groups -OCH3 is 1. The molecule has 1 aliphatic carbocycles. The monoisotopic (exact) mass is 244 g/mol. The standard InChI is InChI=1S/C16H20O2/c1-5-11-10-12-8-6-7-9-13(12)14(11)16(2,3)15(17)18-4/h6-10,14H,5H2,1-4H3. The number of esters is 1. The smallest absolute Gasteiger partial charge is 0.312 e. The predicted octanol–water partition coefficient (Wildman–Crippen LogP) is 3.78. The molecular formula is C16H20O2. The normalized spacial score (nSPS) is 18.2. The summed E-state index contributed by atoms with van der Waals surface area (Å²) in [6, 6.07) is 8.30. The Bertz CT molecular complexity index is 498. The molecule has 2 rings (SSSR count). The van der Waals surface area contributed by atoms with Gasteiger partial charge in [0.05, 0.1) is 12.5 Å². The second-order valence-corrected chi connectivity index (χ2v) is 5.35. The minimum absolute atomic E-state index is 0.131. The Kier molecular flexibility index (Phi) is 3.29. The molecule has 0 bridgehead atoms. The highest BCUT2D eigenvalue weighted by Gasteiger charge is 2.43. The van der Waals surface area contributed by atoms with Crippen molar-refractivity contribution in [2.45, 2.75) is 33.1 Å². The van der Waals surface area contributed by atoms with Gasteiger partial charge >= 0.3 is 5.97 Å². The van der Waals surface area contributed by atoms with E-state index in [1.165, 1.54) is 23.8 Å². The van der Waals surface area contributed by atoms with Crippen LogP contribution in [0.5, 0.6) is 0 Å². The largest absolute Gasteiger partial charge is 0.469 e. The van der Waals surface area contributed by atoms with Crippen molar-refractivity contribution in [3.05, 3.63) is 41.0 Å². The van der Waals surface area contributed by atoms with Crippen LogP contribution in [-0.2, 0) is 9.53 Å². The summed E-state index contributed by atoms with van der Waals surface area (Å²) in [4.78, 5) is 12.0. The lowest BCUT2D eigenvalue weighted by Crippen LogP contribution is -2.32. The molecule has 0 aliphatic heterocycles. The van der Waals surface area contributed by atoms with Crippen molar-refractivity contribution >= 4 is 12.0 Å². The van der Waals surface area contributed by atoms with Gasteiger partial charge in [-0.15, -0.1) is 0 Å². The Morgan fingerprint density at radius 2 is 2.00 bits per heavy atom. The van der Waals surface area contributed by atoms with Crippen LogP contribution in [0.4, 0.5) is 0 Å². The van der Waals surface area contributed by atoms with Crippen molar-refractivity contribution in [1.82, 2.24) is 0 Å². The van der Waals surface area contributed by atoms with E-state index in [9.17, 15) is 4.79 Å². The fourth-order valence-corrected chi connectivity index (χ4v) is 2.93. The first kappa shape index (κ1) is 12.9. The fraction of sp³-hybridized carbons (Fsp3) is 0.438. The average Bonchev–Trinajstić information content (AvgIpc) is 2.76. The number of hydrogen-bond acceptors (Lipinski definition) is 2. The topological polar surface area (TPSA) is 26.3 Å². The van der Waals surface area contributed by atoms with Crippen LogP contribution in [0.15, 0.2) is 29.8 Å². The number of ether oxygens (including phenoxy) is 1. The Morgan fingerprint density at radius 3 is 2.61 bits per heavy atom. The van der Waals surface area contributed by atoms with Gasteiger partial charge in [0.25, 0.3) is 0 Å². The van der Waals surface area contributed by atoms with Gasteiger partial charge in [-0.2, -0.15) is 0 Å². The van der Waals surface area contributed by atoms with E-state index >= 15 is 0 Å². The first-order valence-corrected chi connectivity index (χ1v) is 6.40. The van der Waals surface area contributed by atoms with Gasteiger partial charge in [0.1, 0.15) is 0 Å². The lowest BCUT2D eigenvalue weighted by atomic mass is 9.72. The van der Waals surface area contributed by atoms with Crippen LogP contribution in [0.3, 0.4) is 0 Å². The molecule has 0 aromatic heterocycles. The summed E-state index contributed by atoms with van der Waals surface area (Å²) in [6.45, 7) is 6.07. The second-order valence-electron chi connectivity index (χ2n) is 5.35. The molecule has 1 unspecified atom stereocenters. The molecule has 2 heteroatoms. The summed E-state index contributed by atoms with van der Waals surface area (Å²) in [5.41, 5.74) is 3.26. The Hall–Kier alpha value is -1.57. The SMILES string of the molecule is CCC1=Cc2ccccc2C1C(C)(C)C(=O)OC. The van der Waals surface area contributed by atoms with Gasteiger partial charge in [-0.05, 0) is 31.4 Å². The molecule has 18 heavy (non-hydrogen) atoms. The molecule has 1 aromatic carbocycles. The van der Waals surface area contributed by atoms with E-state index in [4.69, 9.17) is 4.74 Å². The summed E-state index contributed by atoms with van der Waals surface area (Å²) in [7, 11) is 1.46. The minimum Gasteiger partial charge on any atom is -0.469 e. The highest BCUT2D eigenvalue weighted by molar-refractivity contribution is 5.81. The van der Waals surface area contributed by atoms with E-state index in [0.29, 0.717) is 0 Å². The van der Waals surface area contributed by atoms with Crippen LogP contribution >= 0.6 is 0 Å². The van der Waals surface area contributed by atoms with Crippen molar-refractivity contribution in [1.29, 1.82) is 0 Å². The van der Waals surface area contributed by atoms with E-state index in [1.807, 2.05) is 26.0 Å². The minimum atomic E-state index is -0.525. The highest BCUT2D eigenvalue weighted by Crippen LogP contribution is 2.48. The zero-order chi connectivity index (χ0) is 13.3. The molecule has 1 atom stereocenters. The number of rotatable bonds is 3. The van der Waals surface area contributed by atoms with Gasteiger partial charge in [-0.3, -0.25) is 4.79 Å². The molecule has 0 radical (unpaired) electrons. The van der Waals surface area contributed by atoms with Crippen molar-refractivity contribution in [3.63, 3.8) is 0 Å². The molecule has 0 spiro atoms. The van der Waals surface area contributed by atoms with Crippen molar-refractivity contribution in [3.8, 4) is 0 Å². The average molecular weight is 244 g/mol. The summed E-state index contributed by atoms with van der Waals surface area (Å²) in [5, 5.41) is 0. The molecule has 0 amide bonds. The summed E-state index contributed by atoms with van der Waals surface area (Å²) < 4.78 is 4.97. The quantitative estimate of drug-likeness (QED) is 0.756. The van der Waals surface area contributed by atoms with Gasteiger partial charge in [-0.1, -0.05) is 42.8 Å². The lowest BCUT2D eigenvalue weighted by molar-refractivity contribution is -0.151. The molecule has 0 fully saturated rings. The summed E-state index contributed by atoms with van der Waals surface area (Å²) in [5.74, 6) is -0.0188. The Morgan fingerprint density at radius 1 is 1.33 bits per heavy atom. The van der Waals surface area contributed by atoms with E-state index in [0.717, 1.165) is 6.42 Å². The van der Waals surface area contributed by atoms with Crippen molar-refractivity contribution in [2.75, 3.05) is 7.11 Å². The molecular weight excluding hydrogens is 224 g/mol. The first-order chi connectivity index (χ1) is 8.52. The second kappa shape index (κ2) is 4.60. The van der Waals surface area contributed by atoms with Crippen LogP contribution in [-0.4, -0.2) is 13.1 Å². The van der Waals surface area contributed by atoms with Crippen LogP contribution in [0.2, 0.25) is 0 Å². The van der Waals surface area contributed by atoms with E-state index in [1.54, 1.807) is 0 Å². The highest BCUT2D eigenvalue weighted by atomic mass is 16.5. The number of carbonyl (C=O) groups excluding carboxylic acids is 1. The zero-order valence-electron chi connectivity index (χ0n) is 11.5. The van der Waals surface area contributed by atoms with Gasteiger partial charge < -0.3 is 4.74 Å². The van der Waals surface area contributed by atoms with Crippen molar-refractivity contribution < 1.29 is 9.53 Å². The third kappa shape index (κ3) is 1.86. The molecule has 1 aliphatic rings. The van der Waals surface area contributed by atoms with Gasteiger partial charge in [0, 0.05) is 5.92 Å². The third-order valence-corrected chi connectivity index (χ3v) is 3.86. The number of allylic oxidation sites excluding steroid dienone is 1. The Labute approximate surface area is 109 Å². The lowest BCUT2D eigenvalue weighted by Gasteiger charge is -2.31. The van der Waals surface area contributed by atoms with Gasteiger partial charge in [0.2, 0.25) is 0 Å². The predicted molar refractivity (Wildman–Crippen MR) is 73.2 cm³/mol. The number of benzene rings is 1. The molecule has 2 nitrogen and oxygen atoms in total. The van der Waals surface area contributed by atoms with Crippen LogP contribution in [0, 0.1) is 5.41 Å². The third-order valence-electron chi connectivity index (χ3n) is 3.86. The maximum absolute atomic E-state index is 12.0. The molecule has 1 aromatic rings. The molecule has 0 N–H and O–H groups in total. The molecule has 96 valence electrons. The number of fused-ring (bicyclic) bond motifs is 1. The van der Waals surface area contributed by atoms with Crippen molar-refractivity contribution in [2.24, 2.45) is 5.41 Å². The maximum Gasteiger partial charge on any atom is 0.312 e. The van der Waals surface area contributed by atoms with E-state index in [-0.39, 0.29) is 11.9 Å². The van der Waals surface area contributed by atoms with Gasteiger partial charge in [-0.25, -0.2) is 0 Å². The maximum atomic E-state index is 12.0. The molecule has 0 saturated heterocycles. The number of carbonyl (C=O) groups is 1. The summed E-state index contributed by atoms with van der Waals surface area (Å²) in [6.07, 6.45) is 3.17. The van der Waals surface area contributed by atoms with E-state index < -0.39 is 5.41 Å². The zero-order valence-corrected chi connectivity index (χ0v) is 11.5. The first-order valence-electron chi connectivity index (χ1n) is 6.40. The molecule has 0 heterocycles. The molecule has 0 saturated carbocycles. The van der Waals surface area contributed by atoms with Crippen LogP contribution in [0.1, 0.15) is 44.2 Å². The van der Waals surface area contributed by atoms with E-state index in [2.05, 4.69) is 25.1 Å². The summed E-state index contributed by atoms with van der Waals surface area (Å²) >= 11 is 0. The fourth-order valence-electron chi connectivity index (χ4n) is 2.93. The van der Waals surface area contributed by atoms with Crippen LogP contribution < -0.4 is 0 Å². The Balaban J connectivity index is 2.50. The van der Waals surface area contributed by atoms with Crippen LogP contribution in [0.25, 0.3) is 6.08 Å².